The van der Waals surface area contributed by atoms with Crippen molar-refractivity contribution < 1.29 is 14.4 Å². The molecule has 0 aromatic heterocycles. The quantitative estimate of drug-likeness (QED) is 0.602. The second-order valence-electron chi connectivity index (χ2n) is 7.57. The first-order chi connectivity index (χ1) is 13.8. The van der Waals surface area contributed by atoms with E-state index in [0.29, 0.717) is 24.2 Å². The Hall–Kier alpha value is -2.06. The number of anilines is 1. The van der Waals surface area contributed by atoms with Crippen LogP contribution >= 0.6 is 11.8 Å². The molecule has 2 N–H and O–H groups in total. The van der Waals surface area contributed by atoms with E-state index in [-0.39, 0.29) is 29.5 Å². The number of likely N-dealkylation sites (N-methyl/N-ethyl adjacent to an activating group) is 1. The summed E-state index contributed by atoms with van der Waals surface area (Å²) in [5.41, 5.74) is 1.52. The summed E-state index contributed by atoms with van der Waals surface area (Å²) in [6, 6.07) is 7.27. The van der Waals surface area contributed by atoms with Gasteiger partial charge < -0.3 is 10.6 Å². The Balaban J connectivity index is 1.86. The Bertz CT molecular complexity index is 688. The zero-order valence-electron chi connectivity index (χ0n) is 17.7. The number of thioether (sulfide) groups is 1. The van der Waals surface area contributed by atoms with Crippen molar-refractivity contribution in [1.29, 1.82) is 0 Å². The molecule has 2 rings (SSSR count). The summed E-state index contributed by atoms with van der Waals surface area (Å²) in [5.74, 6) is 0.612. The number of carbonyl (C=O) groups is 3. The molecule has 1 aromatic carbocycles. The van der Waals surface area contributed by atoms with Gasteiger partial charge in [0.15, 0.2) is 0 Å². The average molecular weight is 421 g/mol. The minimum Gasteiger partial charge on any atom is -0.336 e. The first kappa shape index (κ1) is 23.2. The number of imide groups is 1. The van der Waals surface area contributed by atoms with Gasteiger partial charge in [0.2, 0.25) is 5.91 Å². The third kappa shape index (κ3) is 7.04. The fraction of sp³-hybridized carbons (Fsp3) is 0.571. The molecule has 0 bridgehead atoms. The van der Waals surface area contributed by atoms with Crippen LogP contribution in [-0.4, -0.2) is 58.4 Å². The maximum absolute atomic E-state index is 12.3. The minimum atomic E-state index is -0.236. The van der Waals surface area contributed by atoms with Crippen LogP contribution in [0.15, 0.2) is 24.3 Å². The van der Waals surface area contributed by atoms with Crippen molar-refractivity contribution in [3.8, 4) is 0 Å². The number of nitrogens with one attached hydrogen (secondary N) is 2. The monoisotopic (exact) mass is 420 g/mol. The lowest BCUT2D eigenvalue weighted by Gasteiger charge is -2.31. The summed E-state index contributed by atoms with van der Waals surface area (Å²) >= 11 is 1.03. The highest BCUT2D eigenvalue weighted by Gasteiger charge is 2.29. The summed E-state index contributed by atoms with van der Waals surface area (Å²) in [4.78, 5) is 39.3. The van der Waals surface area contributed by atoms with Crippen molar-refractivity contribution in [3.63, 3.8) is 0 Å². The number of benzene rings is 1. The molecule has 0 aliphatic carbocycles. The normalized spacial score (nSPS) is 15.3. The second-order valence-corrected chi connectivity index (χ2v) is 8.50. The molecule has 1 aliphatic rings. The van der Waals surface area contributed by atoms with Crippen LogP contribution in [0.4, 0.5) is 15.3 Å². The van der Waals surface area contributed by atoms with E-state index in [1.54, 1.807) is 12.1 Å². The Morgan fingerprint density at radius 2 is 1.83 bits per heavy atom. The topological polar surface area (TPSA) is 81.8 Å². The van der Waals surface area contributed by atoms with Crippen LogP contribution < -0.4 is 10.6 Å². The van der Waals surface area contributed by atoms with Crippen LogP contribution in [0.3, 0.4) is 0 Å². The number of nitrogens with zero attached hydrogens (tertiary/aromatic N) is 2. The standard InChI is InChI=1S/C21H32N4O3S/c1-5-24(6-2)18(11-15(3)4)12-22-20(27)23-17-9-7-16(8-10-17)13-25-19(26)14-29-21(25)28/h7-10,15,18H,5-6,11-14H2,1-4H3,(H2,22,23,27). The second kappa shape index (κ2) is 11.2. The zero-order chi connectivity index (χ0) is 21.4. The lowest BCUT2D eigenvalue weighted by atomic mass is 10.0. The average Bonchev–Trinajstić information content (AvgIpc) is 3.00. The van der Waals surface area contributed by atoms with E-state index in [2.05, 4.69) is 43.2 Å². The number of amides is 4. The molecule has 1 aliphatic heterocycles. The molecule has 160 valence electrons. The molecule has 1 saturated heterocycles. The molecule has 29 heavy (non-hydrogen) atoms. The van der Waals surface area contributed by atoms with Crippen molar-refractivity contribution in [3.05, 3.63) is 29.8 Å². The van der Waals surface area contributed by atoms with Crippen LogP contribution in [0.1, 0.15) is 39.7 Å². The Morgan fingerprint density at radius 1 is 1.17 bits per heavy atom. The molecule has 1 fully saturated rings. The third-order valence-corrected chi connectivity index (χ3v) is 5.82. The number of hydrogen-bond donors (Lipinski definition) is 2. The van der Waals surface area contributed by atoms with E-state index in [1.807, 2.05) is 12.1 Å². The molecular formula is C21H32N4O3S. The number of hydrogen-bond acceptors (Lipinski definition) is 5. The fourth-order valence-electron chi connectivity index (χ4n) is 3.44. The summed E-state index contributed by atoms with van der Waals surface area (Å²) in [7, 11) is 0. The molecule has 8 heteroatoms. The van der Waals surface area contributed by atoms with Gasteiger partial charge in [-0.05, 0) is 43.1 Å². The molecule has 0 saturated carbocycles. The molecule has 1 atom stereocenters. The highest BCUT2D eigenvalue weighted by molar-refractivity contribution is 8.14. The molecule has 1 aromatic rings. The largest absolute Gasteiger partial charge is 0.336 e. The smallest absolute Gasteiger partial charge is 0.319 e. The SMILES string of the molecule is CCN(CC)C(CNC(=O)Nc1ccc(CN2C(=O)CSC2=O)cc1)CC(C)C. The first-order valence-corrected chi connectivity index (χ1v) is 11.2. The van der Waals surface area contributed by atoms with E-state index in [1.165, 1.54) is 4.90 Å². The lowest BCUT2D eigenvalue weighted by Crippen LogP contribution is -2.45. The Morgan fingerprint density at radius 3 is 2.34 bits per heavy atom. The van der Waals surface area contributed by atoms with Gasteiger partial charge >= 0.3 is 6.03 Å². The first-order valence-electron chi connectivity index (χ1n) is 10.2. The van der Waals surface area contributed by atoms with Gasteiger partial charge in [-0.2, -0.15) is 0 Å². The number of urea groups is 1. The summed E-state index contributed by atoms with van der Waals surface area (Å²) in [5, 5.41) is 5.61. The van der Waals surface area contributed by atoms with Gasteiger partial charge in [-0.1, -0.05) is 51.6 Å². The van der Waals surface area contributed by atoms with Crippen LogP contribution in [0, 0.1) is 5.92 Å². The number of carbonyl (C=O) groups excluding carboxylic acids is 3. The van der Waals surface area contributed by atoms with Crippen molar-refractivity contribution in [2.75, 3.05) is 30.7 Å². The van der Waals surface area contributed by atoms with Crippen molar-refractivity contribution >= 4 is 34.6 Å². The molecule has 7 nitrogen and oxygen atoms in total. The van der Waals surface area contributed by atoms with Gasteiger partial charge in [-0.25, -0.2) is 4.79 Å². The highest BCUT2D eigenvalue weighted by Crippen LogP contribution is 2.21. The molecular weight excluding hydrogens is 388 g/mol. The molecule has 1 heterocycles. The van der Waals surface area contributed by atoms with E-state index < -0.39 is 0 Å². The summed E-state index contributed by atoms with van der Waals surface area (Å²) in [6.45, 7) is 11.4. The Kier molecular flexibility index (Phi) is 8.98. The van der Waals surface area contributed by atoms with Gasteiger partial charge in [0.1, 0.15) is 0 Å². The molecule has 4 amide bonds. The van der Waals surface area contributed by atoms with Gasteiger partial charge in [0.05, 0.1) is 12.3 Å². The van der Waals surface area contributed by atoms with Crippen LogP contribution in [-0.2, 0) is 11.3 Å². The van der Waals surface area contributed by atoms with Crippen LogP contribution in [0.25, 0.3) is 0 Å². The Labute approximate surface area is 177 Å². The van der Waals surface area contributed by atoms with Crippen molar-refractivity contribution in [1.82, 2.24) is 15.1 Å². The van der Waals surface area contributed by atoms with Gasteiger partial charge in [-0.3, -0.25) is 19.4 Å². The van der Waals surface area contributed by atoms with Gasteiger partial charge in [-0.15, -0.1) is 0 Å². The summed E-state index contributed by atoms with van der Waals surface area (Å²) < 4.78 is 0. The fourth-order valence-corrected chi connectivity index (χ4v) is 4.17. The number of rotatable bonds is 10. The maximum atomic E-state index is 12.3. The summed E-state index contributed by atoms with van der Waals surface area (Å²) in [6.07, 6.45) is 1.03. The van der Waals surface area contributed by atoms with Gasteiger partial charge in [0, 0.05) is 18.3 Å². The van der Waals surface area contributed by atoms with Crippen LogP contribution in [0.5, 0.6) is 0 Å². The van der Waals surface area contributed by atoms with Crippen molar-refractivity contribution in [2.45, 2.75) is 46.7 Å². The lowest BCUT2D eigenvalue weighted by molar-refractivity contribution is -0.125. The minimum absolute atomic E-state index is 0.161. The van der Waals surface area contributed by atoms with Crippen LogP contribution in [0.2, 0.25) is 0 Å². The molecule has 0 spiro atoms. The van der Waals surface area contributed by atoms with E-state index >= 15 is 0 Å². The maximum Gasteiger partial charge on any atom is 0.319 e. The van der Waals surface area contributed by atoms with Gasteiger partial charge in [0.25, 0.3) is 5.24 Å². The van der Waals surface area contributed by atoms with Crippen molar-refractivity contribution in [2.24, 2.45) is 5.92 Å². The molecule has 1 unspecified atom stereocenters. The molecule has 0 radical (unpaired) electrons. The predicted molar refractivity (Wildman–Crippen MR) is 118 cm³/mol. The zero-order valence-corrected chi connectivity index (χ0v) is 18.6. The predicted octanol–water partition coefficient (Wildman–Crippen LogP) is 3.76. The van der Waals surface area contributed by atoms with E-state index in [4.69, 9.17) is 0 Å². The highest BCUT2D eigenvalue weighted by atomic mass is 32.2. The third-order valence-electron chi connectivity index (χ3n) is 4.96. The van der Waals surface area contributed by atoms with E-state index in [0.717, 1.165) is 36.8 Å². The van der Waals surface area contributed by atoms with E-state index in [9.17, 15) is 14.4 Å².